The van der Waals surface area contributed by atoms with Crippen molar-refractivity contribution in [1.29, 1.82) is 0 Å². The lowest BCUT2D eigenvalue weighted by Gasteiger charge is -2.10. The molecule has 0 saturated heterocycles. The summed E-state index contributed by atoms with van der Waals surface area (Å²) in [7, 11) is 0. The Balaban J connectivity index is 1.92. The Labute approximate surface area is 123 Å². The van der Waals surface area contributed by atoms with Crippen molar-refractivity contribution >= 4 is 29.0 Å². The van der Waals surface area contributed by atoms with E-state index in [0.717, 1.165) is 16.1 Å². The van der Waals surface area contributed by atoms with Crippen molar-refractivity contribution in [3.8, 4) is 0 Å². The first-order chi connectivity index (χ1) is 9.56. The van der Waals surface area contributed by atoms with Crippen LogP contribution in [0.3, 0.4) is 0 Å². The van der Waals surface area contributed by atoms with Gasteiger partial charge in [0.2, 0.25) is 5.91 Å². The van der Waals surface area contributed by atoms with Gasteiger partial charge in [-0.05, 0) is 43.7 Å². The van der Waals surface area contributed by atoms with E-state index in [1.807, 2.05) is 56.3 Å². The molecule has 0 aliphatic carbocycles. The molecule has 0 atom stereocenters. The number of nitrogens with one attached hydrogen (secondary N) is 1. The number of benzene rings is 2. The average molecular weight is 286 g/mol. The van der Waals surface area contributed by atoms with Crippen molar-refractivity contribution in [3.63, 3.8) is 0 Å². The third-order valence-electron chi connectivity index (χ3n) is 3.04. The van der Waals surface area contributed by atoms with Crippen LogP contribution < -0.4 is 11.1 Å². The van der Waals surface area contributed by atoms with Gasteiger partial charge in [0.05, 0.1) is 5.75 Å². The molecule has 0 radical (unpaired) electrons. The zero-order valence-electron chi connectivity index (χ0n) is 11.6. The van der Waals surface area contributed by atoms with Crippen LogP contribution in [0.25, 0.3) is 0 Å². The van der Waals surface area contributed by atoms with E-state index < -0.39 is 0 Å². The maximum Gasteiger partial charge on any atom is 0.234 e. The van der Waals surface area contributed by atoms with Gasteiger partial charge in [-0.1, -0.05) is 23.8 Å². The molecule has 4 heteroatoms. The first-order valence-corrected chi connectivity index (χ1v) is 7.39. The second kappa shape index (κ2) is 6.48. The monoisotopic (exact) mass is 286 g/mol. The molecule has 3 N–H and O–H groups in total. The number of carbonyl (C=O) groups excluding carboxylic acids is 1. The van der Waals surface area contributed by atoms with Crippen LogP contribution in [0, 0.1) is 13.8 Å². The van der Waals surface area contributed by atoms with E-state index in [4.69, 9.17) is 5.73 Å². The molecule has 0 heterocycles. The van der Waals surface area contributed by atoms with Gasteiger partial charge in [-0.3, -0.25) is 4.79 Å². The largest absolute Gasteiger partial charge is 0.398 e. The molecule has 104 valence electrons. The maximum absolute atomic E-state index is 11.9. The fourth-order valence-corrected chi connectivity index (χ4v) is 2.46. The highest BCUT2D eigenvalue weighted by Crippen LogP contribution is 2.22. The van der Waals surface area contributed by atoms with E-state index in [9.17, 15) is 4.79 Å². The molecule has 0 aliphatic rings. The lowest BCUT2D eigenvalue weighted by atomic mass is 10.1. The van der Waals surface area contributed by atoms with Gasteiger partial charge in [-0.15, -0.1) is 11.8 Å². The molecule has 2 rings (SSSR count). The fraction of sp³-hybridized carbons (Fsp3) is 0.188. The van der Waals surface area contributed by atoms with Gasteiger partial charge >= 0.3 is 0 Å². The highest BCUT2D eigenvalue weighted by atomic mass is 32.2. The zero-order chi connectivity index (χ0) is 14.5. The molecular formula is C16H18N2OS. The molecule has 0 bridgehead atoms. The number of hydrogen-bond donors (Lipinski definition) is 2. The quantitative estimate of drug-likeness (QED) is 0.667. The van der Waals surface area contributed by atoms with Crippen LogP contribution >= 0.6 is 11.8 Å². The highest BCUT2D eigenvalue weighted by molar-refractivity contribution is 8.00. The second-order valence-corrected chi connectivity index (χ2v) is 5.72. The van der Waals surface area contributed by atoms with Crippen LogP contribution in [-0.4, -0.2) is 11.7 Å². The van der Waals surface area contributed by atoms with E-state index >= 15 is 0 Å². The van der Waals surface area contributed by atoms with Crippen molar-refractivity contribution in [2.24, 2.45) is 0 Å². The average Bonchev–Trinajstić information content (AvgIpc) is 2.43. The number of anilines is 2. The lowest BCUT2D eigenvalue weighted by Crippen LogP contribution is -2.15. The lowest BCUT2D eigenvalue weighted by molar-refractivity contribution is -0.113. The van der Waals surface area contributed by atoms with E-state index in [0.29, 0.717) is 11.4 Å². The Bertz CT molecular complexity index is 608. The Morgan fingerprint density at radius 2 is 1.85 bits per heavy atom. The van der Waals surface area contributed by atoms with Gasteiger partial charge in [0, 0.05) is 16.3 Å². The maximum atomic E-state index is 11.9. The van der Waals surface area contributed by atoms with Crippen LogP contribution in [0.1, 0.15) is 11.1 Å². The van der Waals surface area contributed by atoms with Crippen LogP contribution in [-0.2, 0) is 4.79 Å². The molecule has 0 unspecified atom stereocenters. The number of nitrogen functional groups attached to an aromatic ring is 1. The fourth-order valence-electron chi connectivity index (χ4n) is 1.76. The number of hydrogen-bond acceptors (Lipinski definition) is 3. The van der Waals surface area contributed by atoms with Gasteiger partial charge in [-0.25, -0.2) is 0 Å². The minimum Gasteiger partial charge on any atom is -0.398 e. The SMILES string of the molecule is Cc1ccc(SCC(=O)Nc2cccc(N)c2C)cc1. The number of carbonyl (C=O) groups is 1. The summed E-state index contributed by atoms with van der Waals surface area (Å²) >= 11 is 1.52. The third-order valence-corrected chi connectivity index (χ3v) is 4.05. The summed E-state index contributed by atoms with van der Waals surface area (Å²) in [5.41, 5.74) is 9.41. The molecule has 0 aliphatic heterocycles. The minimum absolute atomic E-state index is 0.0238. The molecule has 0 saturated carbocycles. The van der Waals surface area contributed by atoms with Crippen molar-refractivity contribution < 1.29 is 4.79 Å². The first kappa shape index (κ1) is 14.5. The van der Waals surface area contributed by atoms with Gasteiger partial charge in [-0.2, -0.15) is 0 Å². The smallest absolute Gasteiger partial charge is 0.234 e. The van der Waals surface area contributed by atoms with Gasteiger partial charge in [0.1, 0.15) is 0 Å². The van der Waals surface area contributed by atoms with Crippen LogP contribution in [0.2, 0.25) is 0 Å². The molecule has 0 spiro atoms. The predicted molar refractivity (Wildman–Crippen MR) is 86.1 cm³/mol. The zero-order valence-corrected chi connectivity index (χ0v) is 12.5. The molecule has 3 nitrogen and oxygen atoms in total. The van der Waals surface area contributed by atoms with Gasteiger partial charge in [0.15, 0.2) is 0 Å². The summed E-state index contributed by atoms with van der Waals surface area (Å²) in [6.07, 6.45) is 0. The number of nitrogens with two attached hydrogens (primary N) is 1. The summed E-state index contributed by atoms with van der Waals surface area (Å²) in [5.74, 6) is 0.362. The highest BCUT2D eigenvalue weighted by Gasteiger charge is 2.07. The first-order valence-electron chi connectivity index (χ1n) is 6.40. The second-order valence-electron chi connectivity index (χ2n) is 4.67. The summed E-state index contributed by atoms with van der Waals surface area (Å²) in [6, 6.07) is 13.7. The Hall–Kier alpha value is -1.94. The normalized spacial score (nSPS) is 10.3. The number of aryl methyl sites for hydroxylation is 1. The molecular weight excluding hydrogens is 268 g/mol. The molecule has 20 heavy (non-hydrogen) atoms. The third kappa shape index (κ3) is 3.78. The van der Waals surface area contributed by atoms with E-state index in [1.54, 1.807) is 0 Å². The van der Waals surface area contributed by atoms with Crippen molar-refractivity contribution in [2.75, 3.05) is 16.8 Å². The van der Waals surface area contributed by atoms with E-state index in [-0.39, 0.29) is 5.91 Å². The topological polar surface area (TPSA) is 55.1 Å². The van der Waals surface area contributed by atoms with Crippen molar-refractivity contribution in [1.82, 2.24) is 0 Å². The Morgan fingerprint density at radius 3 is 2.55 bits per heavy atom. The summed E-state index contributed by atoms with van der Waals surface area (Å²) < 4.78 is 0. The van der Waals surface area contributed by atoms with Crippen molar-refractivity contribution in [3.05, 3.63) is 53.6 Å². The van der Waals surface area contributed by atoms with E-state index in [2.05, 4.69) is 5.32 Å². The molecule has 0 aromatic heterocycles. The predicted octanol–water partition coefficient (Wildman–Crippen LogP) is 3.62. The Morgan fingerprint density at radius 1 is 1.15 bits per heavy atom. The van der Waals surface area contributed by atoms with E-state index in [1.165, 1.54) is 17.3 Å². The number of thioether (sulfide) groups is 1. The minimum atomic E-state index is -0.0238. The number of rotatable bonds is 4. The standard InChI is InChI=1S/C16H18N2OS/c1-11-6-8-13(9-7-11)20-10-16(19)18-15-5-3-4-14(17)12(15)2/h3-9H,10,17H2,1-2H3,(H,18,19). The van der Waals surface area contributed by atoms with Crippen LogP contribution in [0.4, 0.5) is 11.4 Å². The van der Waals surface area contributed by atoms with Crippen LogP contribution in [0.5, 0.6) is 0 Å². The molecule has 0 fully saturated rings. The summed E-state index contributed by atoms with van der Waals surface area (Å²) in [4.78, 5) is 13.0. The van der Waals surface area contributed by atoms with Gasteiger partial charge in [0.25, 0.3) is 0 Å². The molecule has 1 amide bonds. The number of amides is 1. The summed E-state index contributed by atoms with van der Waals surface area (Å²) in [5, 5.41) is 2.89. The Kier molecular flexibility index (Phi) is 4.69. The van der Waals surface area contributed by atoms with Crippen LogP contribution in [0.15, 0.2) is 47.4 Å². The van der Waals surface area contributed by atoms with Gasteiger partial charge < -0.3 is 11.1 Å². The molecule has 2 aromatic rings. The van der Waals surface area contributed by atoms with Crippen molar-refractivity contribution in [2.45, 2.75) is 18.7 Å². The summed E-state index contributed by atoms with van der Waals surface area (Å²) in [6.45, 7) is 3.95. The molecule has 2 aromatic carbocycles.